The van der Waals surface area contributed by atoms with E-state index in [1.165, 1.54) is 24.3 Å². The van der Waals surface area contributed by atoms with Gasteiger partial charge in [-0.15, -0.1) is 12.4 Å². The van der Waals surface area contributed by atoms with Crippen LogP contribution in [-0.2, 0) is 11.4 Å². The topological polar surface area (TPSA) is 50.4 Å². The first-order valence-corrected chi connectivity index (χ1v) is 7.83. The number of carbonyl (C=O) groups is 1. The first-order chi connectivity index (χ1) is 11.6. The highest BCUT2D eigenvalue weighted by atomic mass is 35.5. The quantitative estimate of drug-likeness (QED) is 0.846. The smallest absolute Gasteiger partial charge is 0.241 e. The molecule has 1 fully saturated rings. The molecule has 1 aliphatic rings. The van der Waals surface area contributed by atoms with Crippen LogP contribution in [0.15, 0.2) is 42.5 Å². The third-order valence-electron chi connectivity index (χ3n) is 3.86. The van der Waals surface area contributed by atoms with Gasteiger partial charge in [0.1, 0.15) is 12.4 Å². The molecule has 0 aromatic heterocycles. The van der Waals surface area contributed by atoms with Gasteiger partial charge in [-0.1, -0.05) is 12.1 Å². The number of nitrogens with one attached hydrogen (secondary N) is 2. The fourth-order valence-electron chi connectivity index (χ4n) is 2.62. The Morgan fingerprint density at radius 2 is 2.08 bits per heavy atom. The SMILES string of the molecule is Cl.O=C(Nc1ccc(OCc2cccc(F)c2)c(F)c1)C1CCCN1. The van der Waals surface area contributed by atoms with Crippen molar-refractivity contribution in [1.29, 1.82) is 0 Å². The second-order valence-electron chi connectivity index (χ2n) is 5.70. The third kappa shape index (κ3) is 5.14. The van der Waals surface area contributed by atoms with Gasteiger partial charge in [-0.2, -0.15) is 0 Å². The Morgan fingerprint density at radius 1 is 1.24 bits per heavy atom. The van der Waals surface area contributed by atoms with E-state index in [4.69, 9.17) is 4.74 Å². The maximum Gasteiger partial charge on any atom is 0.241 e. The fourth-order valence-corrected chi connectivity index (χ4v) is 2.62. The van der Waals surface area contributed by atoms with Crippen LogP contribution in [-0.4, -0.2) is 18.5 Å². The van der Waals surface area contributed by atoms with Gasteiger partial charge in [0.25, 0.3) is 0 Å². The van der Waals surface area contributed by atoms with Crippen molar-refractivity contribution < 1.29 is 18.3 Å². The maximum atomic E-state index is 14.1. The van der Waals surface area contributed by atoms with Crippen molar-refractivity contribution in [3.63, 3.8) is 0 Å². The molecule has 2 aromatic rings. The van der Waals surface area contributed by atoms with Gasteiger partial charge in [0, 0.05) is 11.8 Å². The molecule has 0 radical (unpaired) electrons. The van der Waals surface area contributed by atoms with Crippen LogP contribution in [0.25, 0.3) is 0 Å². The number of benzene rings is 2. The predicted molar refractivity (Wildman–Crippen MR) is 94.0 cm³/mol. The Morgan fingerprint density at radius 3 is 2.76 bits per heavy atom. The number of hydrogen-bond acceptors (Lipinski definition) is 3. The molecule has 7 heteroatoms. The summed E-state index contributed by atoms with van der Waals surface area (Å²) in [5.74, 6) is -1.06. The van der Waals surface area contributed by atoms with Crippen LogP contribution >= 0.6 is 12.4 Å². The van der Waals surface area contributed by atoms with E-state index < -0.39 is 5.82 Å². The molecule has 1 heterocycles. The number of rotatable bonds is 5. The van der Waals surface area contributed by atoms with Crippen molar-refractivity contribution in [2.45, 2.75) is 25.5 Å². The summed E-state index contributed by atoms with van der Waals surface area (Å²) < 4.78 is 32.6. The molecule has 134 valence electrons. The molecule has 0 bridgehead atoms. The van der Waals surface area contributed by atoms with Gasteiger partial charge in [0.2, 0.25) is 5.91 Å². The molecule has 0 saturated carbocycles. The number of hydrogen-bond donors (Lipinski definition) is 2. The summed E-state index contributed by atoms with van der Waals surface area (Å²) in [5, 5.41) is 5.77. The van der Waals surface area contributed by atoms with E-state index in [0.717, 1.165) is 19.4 Å². The maximum absolute atomic E-state index is 14.1. The lowest BCUT2D eigenvalue weighted by molar-refractivity contribution is -0.117. The number of halogens is 3. The van der Waals surface area contributed by atoms with Gasteiger partial charge in [-0.3, -0.25) is 4.79 Å². The normalized spacial score (nSPS) is 16.2. The molecule has 4 nitrogen and oxygen atoms in total. The average Bonchev–Trinajstić information content (AvgIpc) is 3.09. The molecule has 2 N–H and O–H groups in total. The average molecular weight is 369 g/mol. The number of anilines is 1. The molecule has 0 aliphatic carbocycles. The van der Waals surface area contributed by atoms with Crippen LogP contribution in [0.2, 0.25) is 0 Å². The van der Waals surface area contributed by atoms with Gasteiger partial charge in [0.05, 0.1) is 6.04 Å². The van der Waals surface area contributed by atoms with Crippen LogP contribution in [0.3, 0.4) is 0 Å². The van der Waals surface area contributed by atoms with Crippen molar-refractivity contribution in [3.05, 3.63) is 59.7 Å². The van der Waals surface area contributed by atoms with Gasteiger partial charge in [0.15, 0.2) is 11.6 Å². The van der Waals surface area contributed by atoms with Crippen LogP contribution < -0.4 is 15.4 Å². The number of ether oxygens (including phenoxy) is 1. The van der Waals surface area contributed by atoms with Gasteiger partial charge < -0.3 is 15.4 Å². The van der Waals surface area contributed by atoms with E-state index in [9.17, 15) is 13.6 Å². The molecule has 1 saturated heterocycles. The number of carbonyl (C=O) groups excluding carboxylic acids is 1. The Labute approximate surface area is 151 Å². The second kappa shape index (κ2) is 8.78. The van der Waals surface area contributed by atoms with E-state index in [0.29, 0.717) is 11.3 Å². The van der Waals surface area contributed by atoms with E-state index in [2.05, 4.69) is 10.6 Å². The van der Waals surface area contributed by atoms with Crippen LogP contribution in [0.4, 0.5) is 14.5 Å². The summed E-state index contributed by atoms with van der Waals surface area (Å²) in [6, 6.07) is 9.96. The highest BCUT2D eigenvalue weighted by molar-refractivity contribution is 5.95. The zero-order valence-electron chi connectivity index (χ0n) is 13.4. The zero-order valence-corrected chi connectivity index (χ0v) is 14.2. The van der Waals surface area contributed by atoms with Crippen LogP contribution in [0.5, 0.6) is 5.75 Å². The van der Waals surface area contributed by atoms with Gasteiger partial charge in [-0.05, 0) is 49.2 Å². The van der Waals surface area contributed by atoms with Crippen molar-refractivity contribution in [2.24, 2.45) is 0 Å². The summed E-state index contributed by atoms with van der Waals surface area (Å²) in [5.41, 5.74) is 0.989. The first kappa shape index (κ1) is 19.1. The summed E-state index contributed by atoms with van der Waals surface area (Å²) in [4.78, 5) is 12.0. The van der Waals surface area contributed by atoms with Crippen molar-refractivity contribution in [3.8, 4) is 5.75 Å². The minimum absolute atomic E-state index is 0. The minimum Gasteiger partial charge on any atom is -0.486 e. The lowest BCUT2D eigenvalue weighted by Crippen LogP contribution is -2.35. The lowest BCUT2D eigenvalue weighted by atomic mass is 10.2. The van der Waals surface area contributed by atoms with Crippen molar-refractivity contribution in [2.75, 3.05) is 11.9 Å². The summed E-state index contributed by atoms with van der Waals surface area (Å²) in [6.45, 7) is 0.881. The van der Waals surface area contributed by atoms with Gasteiger partial charge in [-0.25, -0.2) is 8.78 Å². The van der Waals surface area contributed by atoms with E-state index in [1.54, 1.807) is 18.2 Å². The second-order valence-corrected chi connectivity index (χ2v) is 5.70. The minimum atomic E-state index is -0.580. The number of amides is 1. The molecule has 3 rings (SSSR count). The molecule has 1 unspecified atom stereocenters. The predicted octanol–water partition coefficient (Wildman–Crippen LogP) is 3.66. The lowest BCUT2D eigenvalue weighted by Gasteiger charge is -2.12. The Balaban J connectivity index is 0.00000225. The van der Waals surface area contributed by atoms with Gasteiger partial charge >= 0.3 is 0 Å². The summed E-state index contributed by atoms with van der Waals surface area (Å²) in [7, 11) is 0. The van der Waals surface area contributed by atoms with Crippen LogP contribution in [0.1, 0.15) is 18.4 Å². The fraction of sp³-hybridized carbons (Fsp3) is 0.278. The van der Waals surface area contributed by atoms with Crippen LogP contribution in [0, 0.1) is 11.6 Å². The summed E-state index contributed by atoms with van der Waals surface area (Å²) in [6.07, 6.45) is 1.74. The molecule has 1 aliphatic heterocycles. The van der Waals surface area contributed by atoms with Crippen molar-refractivity contribution in [1.82, 2.24) is 5.32 Å². The molecular weight excluding hydrogens is 350 g/mol. The zero-order chi connectivity index (χ0) is 16.9. The summed E-state index contributed by atoms with van der Waals surface area (Å²) >= 11 is 0. The third-order valence-corrected chi connectivity index (χ3v) is 3.86. The van der Waals surface area contributed by atoms with E-state index in [1.807, 2.05) is 0 Å². The molecule has 1 amide bonds. The molecule has 2 aromatic carbocycles. The Bertz CT molecular complexity index is 737. The largest absolute Gasteiger partial charge is 0.486 e. The Hall–Kier alpha value is -2.18. The van der Waals surface area contributed by atoms with E-state index >= 15 is 0 Å². The van der Waals surface area contributed by atoms with E-state index in [-0.39, 0.29) is 42.5 Å². The highest BCUT2D eigenvalue weighted by Crippen LogP contribution is 2.23. The highest BCUT2D eigenvalue weighted by Gasteiger charge is 2.22. The van der Waals surface area contributed by atoms with Crippen molar-refractivity contribution >= 4 is 24.0 Å². The molecule has 1 atom stereocenters. The molecule has 25 heavy (non-hydrogen) atoms. The molecule has 0 spiro atoms. The Kier molecular flexibility index (Phi) is 6.73. The first-order valence-electron chi connectivity index (χ1n) is 7.83. The monoisotopic (exact) mass is 368 g/mol. The molecular formula is C18H19ClF2N2O2. The standard InChI is InChI=1S/C18H18F2N2O2.ClH/c19-13-4-1-3-12(9-13)11-24-17-7-6-14(10-15(17)20)22-18(23)16-5-2-8-21-16;/h1,3-4,6-7,9-10,16,21H,2,5,8,11H2,(H,22,23);1H.